The van der Waals surface area contributed by atoms with Crippen LogP contribution in [0.1, 0.15) is 27.8 Å². The number of pyridine rings is 1. The van der Waals surface area contributed by atoms with Gasteiger partial charge in [-0.05, 0) is 18.2 Å². The second-order valence-corrected chi connectivity index (χ2v) is 5.61. The van der Waals surface area contributed by atoms with Gasteiger partial charge in [-0.1, -0.05) is 18.2 Å². The average Bonchev–Trinajstić information content (AvgIpc) is 3.11. The van der Waals surface area contributed by atoms with Crippen LogP contribution >= 0.6 is 0 Å². The van der Waals surface area contributed by atoms with Crippen LogP contribution in [0.4, 0.5) is 0 Å². The van der Waals surface area contributed by atoms with Gasteiger partial charge in [0.1, 0.15) is 23.2 Å². The molecule has 2 aromatic heterocycles. The fourth-order valence-electron chi connectivity index (χ4n) is 2.78. The van der Waals surface area contributed by atoms with Crippen LogP contribution < -0.4 is 14.8 Å². The molecule has 26 heavy (non-hydrogen) atoms. The zero-order valence-electron chi connectivity index (χ0n) is 14.8. The van der Waals surface area contributed by atoms with Crippen LogP contribution in [0.5, 0.6) is 11.6 Å². The van der Waals surface area contributed by atoms with Crippen LogP contribution in [0.3, 0.4) is 0 Å². The lowest BCUT2D eigenvalue weighted by Crippen LogP contribution is -2.31. The lowest BCUT2D eigenvalue weighted by atomic mass is 10.0. The normalized spacial score (nSPS) is 11.7. The van der Waals surface area contributed by atoms with Crippen molar-refractivity contribution in [3.8, 4) is 11.6 Å². The monoisotopic (exact) mass is 352 g/mol. The van der Waals surface area contributed by atoms with Gasteiger partial charge in [0.2, 0.25) is 5.88 Å². The number of ether oxygens (including phenoxy) is 2. The topological polar surface area (TPSA) is 78.3 Å². The van der Waals surface area contributed by atoms with Gasteiger partial charge in [0, 0.05) is 31.2 Å². The highest BCUT2D eigenvalue weighted by molar-refractivity contribution is 5.96. The molecule has 3 rings (SSSR count). The summed E-state index contributed by atoms with van der Waals surface area (Å²) >= 11 is 0. The second-order valence-electron chi connectivity index (χ2n) is 5.61. The smallest absolute Gasteiger partial charge is 0.257 e. The molecule has 0 saturated heterocycles. The number of imidazole rings is 1. The maximum atomic E-state index is 12.9. The Morgan fingerprint density at radius 1 is 1.08 bits per heavy atom. The quantitative estimate of drug-likeness (QED) is 0.737. The SMILES string of the molecule is COc1ccccc1C(NC(=O)c1cccnc1OC)c1nccn1C. The number of amides is 1. The molecule has 7 heteroatoms. The largest absolute Gasteiger partial charge is 0.496 e. The van der Waals surface area contributed by atoms with E-state index in [-0.39, 0.29) is 11.8 Å². The molecule has 3 aromatic rings. The van der Waals surface area contributed by atoms with Crippen molar-refractivity contribution in [2.24, 2.45) is 7.05 Å². The van der Waals surface area contributed by atoms with Crippen LogP contribution in [-0.2, 0) is 7.05 Å². The summed E-state index contributed by atoms with van der Waals surface area (Å²) in [5.41, 5.74) is 1.16. The first-order valence-corrected chi connectivity index (χ1v) is 8.05. The van der Waals surface area contributed by atoms with Crippen LogP contribution in [-0.4, -0.2) is 34.7 Å². The van der Waals surface area contributed by atoms with Gasteiger partial charge in [-0.15, -0.1) is 0 Å². The third kappa shape index (κ3) is 3.37. The highest BCUT2D eigenvalue weighted by atomic mass is 16.5. The Kier molecular flexibility index (Phi) is 5.17. The van der Waals surface area contributed by atoms with E-state index in [2.05, 4.69) is 15.3 Å². The zero-order chi connectivity index (χ0) is 18.5. The predicted molar refractivity (Wildman–Crippen MR) is 96.3 cm³/mol. The molecule has 1 aromatic carbocycles. The minimum atomic E-state index is -0.497. The van der Waals surface area contributed by atoms with Crippen molar-refractivity contribution in [1.29, 1.82) is 0 Å². The first kappa shape index (κ1) is 17.5. The van der Waals surface area contributed by atoms with E-state index in [0.29, 0.717) is 17.1 Å². The number of aryl methyl sites for hydroxylation is 1. The molecular weight excluding hydrogens is 332 g/mol. The Morgan fingerprint density at radius 2 is 1.88 bits per heavy atom. The Labute approximate surface area is 151 Å². The fraction of sp³-hybridized carbons (Fsp3) is 0.211. The van der Waals surface area contributed by atoms with E-state index in [9.17, 15) is 4.79 Å². The highest BCUT2D eigenvalue weighted by Crippen LogP contribution is 2.29. The lowest BCUT2D eigenvalue weighted by Gasteiger charge is -2.21. The van der Waals surface area contributed by atoms with E-state index < -0.39 is 6.04 Å². The number of methoxy groups -OCH3 is 2. The zero-order valence-corrected chi connectivity index (χ0v) is 14.8. The Hall–Kier alpha value is -3.35. The molecule has 0 bridgehead atoms. The Balaban J connectivity index is 2.02. The molecule has 1 unspecified atom stereocenters. The van der Waals surface area contributed by atoms with Crippen molar-refractivity contribution in [3.05, 3.63) is 71.9 Å². The summed E-state index contributed by atoms with van der Waals surface area (Å²) in [4.78, 5) is 21.4. The van der Waals surface area contributed by atoms with E-state index in [0.717, 1.165) is 5.56 Å². The molecule has 0 spiro atoms. The first-order chi connectivity index (χ1) is 12.7. The molecule has 0 saturated carbocycles. The van der Waals surface area contributed by atoms with Gasteiger partial charge in [0.25, 0.3) is 5.91 Å². The summed E-state index contributed by atoms with van der Waals surface area (Å²) in [6, 6.07) is 10.4. The first-order valence-electron chi connectivity index (χ1n) is 8.05. The molecule has 7 nitrogen and oxygen atoms in total. The summed E-state index contributed by atoms with van der Waals surface area (Å²) in [7, 11) is 4.96. The molecule has 0 aliphatic carbocycles. The maximum Gasteiger partial charge on any atom is 0.257 e. The van der Waals surface area contributed by atoms with Crippen molar-refractivity contribution in [2.45, 2.75) is 6.04 Å². The van der Waals surface area contributed by atoms with E-state index in [1.54, 1.807) is 31.6 Å². The van der Waals surface area contributed by atoms with E-state index in [1.807, 2.05) is 42.1 Å². The van der Waals surface area contributed by atoms with Crippen LogP contribution in [0, 0.1) is 0 Å². The molecule has 1 amide bonds. The summed E-state index contributed by atoms with van der Waals surface area (Å²) < 4.78 is 12.5. The number of nitrogens with one attached hydrogen (secondary N) is 1. The van der Waals surface area contributed by atoms with Crippen LogP contribution in [0.2, 0.25) is 0 Å². The second kappa shape index (κ2) is 7.69. The van der Waals surface area contributed by atoms with Gasteiger partial charge in [-0.25, -0.2) is 9.97 Å². The summed E-state index contributed by atoms with van der Waals surface area (Å²) in [5, 5.41) is 3.02. The highest BCUT2D eigenvalue weighted by Gasteiger charge is 2.25. The number of para-hydroxylation sites is 1. The number of carbonyl (C=O) groups excluding carboxylic acids is 1. The molecule has 2 heterocycles. The van der Waals surface area contributed by atoms with Crippen molar-refractivity contribution in [3.63, 3.8) is 0 Å². The lowest BCUT2D eigenvalue weighted by molar-refractivity contribution is 0.0937. The van der Waals surface area contributed by atoms with Gasteiger partial charge < -0.3 is 19.4 Å². The van der Waals surface area contributed by atoms with E-state index in [4.69, 9.17) is 9.47 Å². The minimum Gasteiger partial charge on any atom is -0.496 e. The van der Waals surface area contributed by atoms with Crippen LogP contribution in [0.15, 0.2) is 55.0 Å². The average molecular weight is 352 g/mol. The summed E-state index contributed by atoms with van der Waals surface area (Å²) in [5.74, 6) is 1.31. The van der Waals surface area contributed by atoms with Crippen molar-refractivity contribution < 1.29 is 14.3 Å². The van der Waals surface area contributed by atoms with Crippen molar-refractivity contribution in [1.82, 2.24) is 19.9 Å². The van der Waals surface area contributed by atoms with Gasteiger partial charge in [0.05, 0.1) is 14.2 Å². The fourth-order valence-corrected chi connectivity index (χ4v) is 2.78. The number of hydrogen-bond donors (Lipinski definition) is 1. The molecular formula is C19H20N4O3. The number of rotatable bonds is 6. The number of benzene rings is 1. The van der Waals surface area contributed by atoms with Crippen molar-refractivity contribution >= 4 is 5.91 Å². The molecule has 1 atom stereocenters. The van der Waals surface area contributed by atoms with Gasteiger partial charge in [-0.3, -0.25) is 4.79 Å². The summed E-state index contributed by atoms with van der Waals surface area (Å²) in [6.07, 6.45) is 5.09. The van der Waals surface area contributed by atoms with E-state index >= 15 is 0 Å². The standard InChI is InChI=1S/C19H20N4O3/c1-23-12-11-20-17(23)16(13-7-4-5-9-15(13)25-2)22-18(24)14-8-6-10-21-19(14)26-3/h4-12,16H,1-3H3,(H,22,24). The van der Waals surface area contributed by atoms with Crippen molar-refractivity contribution in [2.75, 3.05) is 14.2 Å². The molecule has 0 fully saturated rings. The van der Waals surface area contributed by atoms with Crippen LogP contribution in [0.25, 0.3) is 0 Å². The Morgan fingerprint density at radius 3 is 2.58 bits per heavy atom. The number of carbonyl (C=O) groups is 1. The van der Waals surface area contributed by atoms with Gasteiger partial charge >= 0.3 is 0 Å². The Bertz CT molecular complexity index is 907. The number of aromatic nitrogens is 3. The number of hydrogen-bond acceptors (Lipinski definition) is 5. The predicted octanol–water partition coefficient (Wildman–Crippen LogP) is 2.35. The summed E-state index contributed by atoms with van der Waals surface area (Å²) in [6.45, 7) is 0. The minimum absolute atomic E-state index is 0.267. The molecule has 0 aliphatic rings. The molecule has 0 radical (unpaired) electrons. The van der Waals surface area contributed by atoms with E-state index in [1.165, 1.54) is 7.11 Å². The van der Waals surface area contributed by atoms with Gasteiger partial charge in [0.15, 0.2) is 0 Å². The van der Waals surface area contributed by atoms with Gasteiger partial charge in [-0.2, -0.15) is 0 Å². The number of nitrogens with zero attached hydrogens (tertiary/aromatic N) is 3. The molecule has 0 aliphatic heterocycles. The maximum absolute atomic E-state index is 12.9. The molecule has 134 valence electrons. The third-order valence-corrected chi connectivity index (χ3v) is 4.05. The molecule has 1 N–H and O–H groups in total. The third-order valence-electron chi connectivity index (χ3n) is 4.05.